The number of rotatable bonds is 7. The maximum atomic E-state index is 12.6. The number of halogens is 1. The molecule has 1 saturated heterocycles. The molecule has 0 saturated carbocycles. The first kappa shape index (κ1) is 20.7. The van der Waals surface area contributed by atoms with Gasteiger partial charge in [-0.15, -0.1) is 0 Å². The topological polar surface area (TPSA) is 86.8 Å². The summed E-state index contributed by atoms with van der Waals surface area (Å²) in [4.78, 5) is 25.6. The Balaban J connectivity index is 1.85. The van der Waals surface area contributed by atoms with Gasteiger partial charge in [0.1, 0.15) is 0 Å². The summed E-state index contributed by atoms with van der Waals surface area (Å²) >= 11 is 5.80. The third-order valence-electron chi connectivity index (χ3n) is 4.18. The number of hydrogen-bond donors (Lipinski definition) is 1. The van der Waals surface area contributed by atoms with E-state index in [1.165, 1.54) is 28.6 Å². The minimum absolute atomic E-state index is 0.125. The summed E-state index contributed by atoms with van der Waals surface area (Å²) in [5.74, 6) is -0.260. The Morgan fingerprint density at radius 2 is 1.69 bits per heavy atom. The van der Waals surface area contributed by atoms with Gasteiger partial charge in [0.25, 0.3) is 0 Å². The van der Waals surface area contributed by atoms with Crippen molar-refractivity contribution in [1.82, 2.24) is 14.5 Å². The molecule has 1 N–H and O–H groups in total. The lowest BCUT2D eigenvalue weighted by atomic mass is 10.2. The van der Waals surface area contributed by atoms with Crippen LogP contribution in [0, 0.1) is 0 Å². The number of amides is 2. The van der Waals surface area contributed by atoms with E-state index in [2.05, 4.69) is 5.32 Å². The van der Waals surface area contributed by atoms with Crippen LogP contribution < -0.4 is 5.32 Å². The summed E-state index contributed by atoms with van der Waals surface area (Å²) in [6.07, 6.45) is 1.14. The molecule has 1 fully saturated rings. The Morgan fingerprint density at radius 3 is 2.27 bits per heavy atom. The Bertz CT molecular complexity index is 729. The second kappa shape index (κ2) is 9.34. The first-order chi connectivity index (χ1) is 12.3. The number of carbonyl (C=O) groups is 2. The predicted octanol–water partition coefficient (Wildman–Crippen LogP) is 1.48. The molecule has 1 aromatic carbocycles. The average Bonchev–Trinajstić information content (AvgIpc) is 2.64. The van der Waals surface area contributed by atoms with Gasteiger partial charge in [0, 0.05) is 50.6 Å². The van der Waals surface area contributed by atoms with Crippen molar-refractivity contribution in [3.8, 4) is 0 Å². The second-order valence-corrected chi connectivity index (χ2v) is 8.46. The molecule has 1 aliphatic heterocycles. The normalized spacial score (nSPS) is 15.7. The number of nitrogens with zero attached hydrogens (tertiary/aromatic N) is 2. The molecule has 1 heterocycles. The molecule has 7 nitrogen and oxygen atoms in total. The van der Waals surface area contributed by atoms with Gasteiger partial charge in [-0.25, -0.2) is 8.42 Å². The molecule has 2 amide bonds. The summed E-state index contributed by atoms with van der Waals surface area (Å²) in [5, 5.41) is 3.21. The lowest BCUT2D eigenvalue weighted by Crippen LogP contribution is -2.50. The van der Waals surface area contributed by atoms with Crippen LogP contribution in [-0.2, 0) is 19.6 Å². The summed E-state index contributed by atoms with van der Waals surface area (Å²) in [7, 11) is -3.59. The van der Waals surface area contributed by atoms with Crippen molar-refractivity contribution < 1.29 is 18.0 Å². The molecule has 9 heteroatoms. The summed E-state index contributed by atoms with van der Waals surface area (Å²) in [5.41, 5.74) is 0. The van der Waals surface area contributed by atoms with Crippen molar-refractivity contribution in [3.63, 3.8) is 0 Å². The highest BCUT2D eigenvalue weighted by Crippen LogP contribution is 2.20. The standard InChI is InChI=1S/C17H24ClN3O4S/c1-2-9-19-16(22)7-8-17(23)20-10-12-21(13-11-20)26(24,25)15-5-3-14(18)4-6-15/h3-6H,2,7-13H2,1H3,(H,19,22). The van der Waals surface area contributed by atoms with Crippen LogP contribution in [0.4, 0.5) is 0 Å². The number of benzene rings is 1. The van der Waals surface area contributed by atoms with Crippen LogP contribution in [0.5, 0.6) is 0 Å². The van der Waals surface area contributed by atoms with E-state index in [1.807, 2.05) is 6.92 Å². The molecule has 2 rings (SSSR count). The number of nitrogens with one attached hydrogen (secondary N) is 1. The maximum Gasteiger partial charge on any atom is 0.243 e. The zero-order valence-electron chi connectivity index (χ0n) is 14.8. The first-order valence-corrected chi connectivity index (χ1v) is 10.5. The van der Waals surface area contributed by atoms with E-state index in [9.17, 15) is 18.0 Å². The van der Waals surface area contributed by atoms with E-state index in [1.54, 1.807) is 4.90 Å². The van der Waals surface area contributed by atoms with Gasteiger partial charge >= 0.3 is 0 Å². The number of piperazine rings is 1. The minimum Gasteiger partial charge on any atom is -0.356 e. The molecular weight excluding hydrogens is 378 g/mol. The Kier molecular flexibility index (Phi) is 7.43. The molecule has 0 atom stereocenters. The van der Waals surface area contributed by atoms with Crippen molar-refractivity contribution in [2.75, 3.05) is 32.7 Å². The van der Waals surface area contributed by atoms with E-state index < -0.39 is 10.0 Å². The van der Waals surface area contributed by atoms with Crippen LogP contribution in [0.25, 0.3) is 0 Å². The number of carbonyl (C=O) groups excluding carboxylic acids is 2. The van der Waals surface area contributed by atoms with E-state index >= 15 is 0 Å². The largest absolute Gasteiger partial charge is 0.356 e. The van der Waals surface area contributed by atoms with E-state index in [0.29, 0.717) is 24.7 Å². The van der Waals surface area contributed by atoms with Crippen LogP contribution >= 0.6 is 11.6 Å². The highest BCUT2D eigenvalue weighted by atomic mass is 35.5. The van der Waals surface area contributed by atoms with Gasteiger partial charge in [0.05, 0.1) is 4.90 Å². The van der Waals surface area contributed by atoms with E-state index in [0.717, 1.165) is 6.42 Å². The number of hydrogen-bond acceptors (Lipinski definition) is 4. The monoisotopic (exact) mass is 401 g/mol. The van der Waals surface area contributed by atoms with Crippen LogP contribution in [-0.4, -0.2) is 62.2 Å². The first-order valence-electron chi connectivity index (χ1n) is 8.64. The van der Waals surface area contributed by atoms with Gasteiger partial charge < -0.3 is 10.2 Å². The van der Waals surface area contributed by atoms with E-state index in [-0.39, 0.29) is 42.6 Å². The van der Waals surface area contributed by atoms with Gasteiger partial charge in [-0.2, -0.15) is 4.31 Å². The maximum absolute atomic E-state index is 12.6. The Labute approximate surface area is 159 Å². The zero-order chi connectivity index (χ0) is 19.2. The molecule has 1 aliphatic rings. The molecule has 0 aliphatic carbocycles. The van der Waals surface area contributed by atoms with Crippen molar-refractivity contribution in [3.05, 3.63) is 29.3 Å². The van der Waals surface area contributed by atoms with Gasteiger partial charge in [0.2, 0.25) is 21.8 Å². The third kappa shape index (κ3) is 5.43. The molecule has 0 radical (unpaired) electrons. The number of sulfonamides is 1. The molecule has 0 unspecified atom stereocenters. The SMILES string of the molecule is CCCNC(=O)CCC(=O)N1CCN(S(=O)(=O)c2ccc(Cl)cc2)CC1. The fourth-order valence-electron chi connectivity index (χ4n) is 2.66. The fraction of sp³-hybridized carbons (Fsp3) is 0.529. The molecule has 0 bridgehead atoms. The molecule has 0 aromatic heterocycles. The van der Waals surface area contributed by atoms with Crippen molar-refractivity contribution in [2.45, 2.75) is 31.1 Å². The lowest BCUT2D eigenvalue weighted by Gasteiger charge is -2.34. The average molecular weight is 402 g/mol. The summed E-state index contributed by atoms with van der Waals surface area (Å²) in [6.45, 7) is 3.68. The van der Waals surface area contributed by atoms with Crippen molar-refractivity contribution in [2.24, 2.45) is 0 Å². The second-order valence-electron chi connectivity index (χ2n) is 6.09. The zero-order valence-corrected chi connectivity index (χ0v) is 16.4. The summed E-state index contributed by atoms with van der Waals surface area (Å²) < 4.78 is 26.6. The Morgan fingerprint density at radius 1 is 1.08 bits per heavy atom. The Hall–Kier alpha value is -1.64. The quantitative estimate of drug-likeness (QED) is 0.749. The van der Waals surface area contributed by atoms with Crippen LogP contribution in [0.15, 0.2) is 29.2 Å². The third-order valence-corrected chi connectivity index (χ3v) is 6.35. The van der Waals surface area contributed by atoms with Crippen LogP contribution in [0.3, 0.4) is 0 Å². The van der Waals surface area contributed by atoms with Crippen molar-refractivity contribution in [1.29, 1.82) is 0 Å². The van der Waals surface area contributed by atoms with Crippen LogP contribution in [0.2, 0.25) is 5.02 Å². The molecule has 0 spiro atoms. The van der Waals surface area contributed by atoms with Crippen molar-refractivity contribution >= 4 is 33.4 Å². The molecule has 144 valence electrons. The fourth-order valence-corrected chi connectivity index (χ4v) is 4.21. The van der Waals surface area contributed by atoms with Gasteiger partial charge in [-0.1, -0.05) is 18.5 Å². The molecule has 1 aromatic rings. The molecular formula is C17H24ClN3O4S. The van der Waals surface area contributed by atoms with Gasteiger partial charge in [-0.3, -0.25) is 9.59 Å². The van der Waals surface area contributed by atoms with Gasteiger partial charge in [0.15, 0.2) is 0 Å². The lowest BCUT2D eigenvalue weighted by molar-refractivity contribution is -0.134. The highest BCUT2D eigenvalue weighted by molar-refractivity contribution is 7.89. The smallest absolute Gasteiger partial charge is 0.243 e. The van der Waals surface area contributed by atoms with E-state index in [4.69, 9.17) is 11.6 Å². The van der Waals surface area contributed by atoms with Crippen LogP contribution in [0.1, 0.15) is 26.2 Å². The molecule has 26 heavy (non-hydrogen) atoms. The summed E-state index contributed by atoms with van der Waals surface area (Å²) in [6, 6.07) is 6.03. The predicted molar refractivity (Wildman–Crippen MR) is 99.3 cm³/mol. The highest BCUT2D eigenvalue weighted by Gasteiger charge is 2.30. The minimum atomic E-state index is -3.59. The van der Waals surface area contributed by atoms with Gasteiger partial charge in [-0.05, 0) is 30.7 Å².